The highest BCUT2D eigenvalue weighted by molar-refractivity contribution is 7.47. The zero-order valence-electron chi connectivity index (χ0n) is 13.8. The number of rotatable bonds is 12. The van der Waals surface area contributed by atoms with Crippen molar-refractivity contribution < 1.29 is 18.5 Å². The quantitative estimate of drug-likeness (QED) is 0.438. The van der Waals surface area contributed by atoms with Gasteiger partial charge in [-0.15, -0.1) is 0 Å². The van der Waals surface area contributed by atoms with Crippen LogP contribution in [0.2, 0.25) is 0 Å². The van der Waals surface area contributed by atoms with Crippen LogP contribution >= 0.6 is 7.82 Å². The molecule has 0 aliphatic rings. The second kappa shape index (κ2) is 11.0. The summed E-state index contributed by atoms with van der Waals surface area (Å²) in [6, 6.07) is 8.56. The Morgan fingerprint density at radius 3 is 2.23 bits per heavy atom. The maximum Gasteiger partial charge on any atom is 0.472 e. The van der Waals surface area contributed by atoms with E-state index in [4.69, 9.17) is 9.05 Å². The maximum atomic E-state index is 11.5. The molecule has 0 amide bonds. The summed E-state index contributed by atoms with van der Waals surface area (Å²) in [4.78, 5) is 9.42. The minimum absolute atomic E-state index is 0.234. The van der Waals surface area contributed by atoms with Crippen LogP contribution in [0.5, 0.6) is 0 Å². The van der Waals surface area contributed by atoms with Gasteiger partial charge in [0.15, 0.2) is 0 Å². The van der Waals surface area contributed by atoms with Crippen molar-refractivity contribution in [3.63, 3.8) is 0 Å². The van der Waals surface area contributed by atoms with E-state index in [9.17, 15) is 9.46 Å². The topological polar surface area (TPSA) is 55.8 Å². The third kappa shape index (κ3) is 8.70. The van der Waals surface area contributed by atoms with Gasteiger partial charge in [-0.1, -0.05) is 51.0 Å². The van der Waals surface area contributed by atoms with E-state index in [0.29, 0.717) is 12.8 Å². The molecule has 0 bridgehead atoms. The Labute approximate surface area is 134 Å². The number of hydrogen-bond donors (Lipinski definition) is 1. The van der Waals surface area contributed by atoms with Gasteiger partial charge in [-0.2, -0.15) is 0 Å². The fourth-order valence-corrected chi connectivity index (χ4v) is 3.07. The second-order valence-corrected chi connectivity index (χ2v) is 6.97. The van der Waals surface area contributed by atoms with Gasteiger partial charge in [-0.3, -0.25) is 9.05 Å². The Bertz CT molecular complexity index is 462. The van der Waals surface area contributed by atoms with Crippen LogP contribution in [0.15, 0.2) is 24.3 Å². The van der Waals surface area contributed by atoms with Crippen molar-refractivity contribution >= 4 is 7.82 Å². The molecule has 22 heavy (non-hydrogen) atoms. The van der Waals surface area contributed by atoms with Gasteiger partial charge in [0.1, 0.15) is 0 Å². The molecular formula is C17H29O4P. The first-order valence-corrected chi connectivity index (χ1v) is 9.76. The largest absolute Gasteiger partial charge is 0.472 e. The number of unbranched alkanes of at least 4 members (excludes halogenated alkanes) is 2. The number of phosphoric acid groups is 1. The molecule has 0 saturated heterocycles. The minimum atomic E-state index is -3.86. The minimum Gasteiger partial charge on any atom is -0.302 e. The van der Waals surface area contributed by atoms with E-state index in [0.717, 1.165) is 12.8 Å². The first-order valence-electron chi connectivity index (χ1n) is 8.27. The van der Waals surface area contributed by atoms with E-state index in [2.05, 4.69) is 31.2 Å². The van der Waals surface area contributed by atoms with Crippen molar-refractivity contribution in [2.45, 2.75) is 58.8 Å². The molecule has 4 nitrogen and oxygen atoms in total. The molecule has 0 fully saturated rings. The average Bonchev–Trinajstić information content (AvgIpc) is 2.50. The summed E-state index contributed by atoms with van der Waals surface area (Å²) in [6.45, 7) is 4.57. The van der Waals surface area contributed by atoms with E-state index >= 15 is 0 Å². The maximum absolute atomic E-state index is 11.5. The first kappa shape index (κ1) is 19.4. The van der Waals surface area contributed by atoms with Gasteiger partial charge in [-0.05, 0) is 43.2 Å². The third-order valence-electron chi connectivity index (χ3n) is 3.38. The Morgan fingerprint density at radius 1 is 0.955 bits per heavy atom. The van der Waals surface area contributed by atoms with E-state index in [1.165, 1.54) is 30.4 Å². The monoisotopic (exact) mass is 328 g/mol. The Morgan fingerprint density at radius 2 is 1.59 bits per heavy atom. The molecule has 1 N–H and O–H groups in total. The summed E-state index contributed by atoms with van der Waals surface area (Å²) in [6.07, 6.45) is 7.09. The predicted molar refractivity (Wildman–Crippen MR) is 90.0 cm³/mol. The summed E-state index contributed by atoms with van der Waals surface area (Å²) in [7, 11) is -3.86. The lowest BCUT2D eigenvalue weighted by Gasteiger charge is -2.11. The molecule has 0 radical (unpaired) electrons. The molecule has 0 aromatic heterocycles. The van der Waals surface area contributed by atoms with E-state index < -0.39 is 7.82 Å². The zero-order valence-corrected chi connectivity index (χ0v) is 14.7. The van der Waals surface area contributed by atoms with Crippen LogP contribution in [-0.2, 0) is 26.5 Å². The van der Waals surface area contributed by atoms with Crippen molar-refractivity contribution in [2.75, 3.05) is 13.2 Å². The fraction of sp³-hybridized carbons (Fsp3) is 0.647. The highest BCUT2D eigenvalue weighted by Gasteiger charge is 2.19. The summed E-state index contributed by atoms with van der Waals surface area (Å²) < 4.78 is 21.2. The van der Waals surface area contributed by atoms with Crippen LogP contribution in [0.25, 0.3) is 0 Å². The molecule has 126 valence electrons. The third-order valence-corrected chi connectivity index (χ3v) is 4.40. The summed E-state index contributed by atoms with van der Waals surface area (Å²) in [5.74, 6) is 0. The zero-order chi connectivity index (χ0) is 16.3. The normalized spacial score (nSPS) is 14.0. The molecule has 1 aromatic rings. The lowest BCUT2D eigenvalue weighted by molar-refractivity contribution is 0.148. The molecular weight excluding hydrogens is 299 g/mol. The molecule has 0 heterocycles. The van der Waals surface area contributed by atoms with Gasteiger partial charge in [0.25, 0.3) is 0 Å². The first-order chi connectivity index (χ1) is 10.6. The van der Waals surface area contributed by atoms with Gasteiger partial charge in [-0.25, -0.2) is 4.57 Å². The fourth-order valence-electron chi connectivity index (χ4n) is 2.22. The van der Waals surface area contributed by atoms with Crippen molar-refractivity contribution in [1.82, 2.24) is 0 Å². The SMILES string of the molecule is CCCCCc1cccc(CCCOP(=O)(O)OCCC)c1. The molecule has 1 atom stereocenters. The highest BCUT2D eigenvalue weighted by Crippen LogP contribution is 2.43. The standard InChI is InChI=1S/C17H29O4P/c1-3-5-6-9-16-10-7-11-17(15-16)12-8-14-21-22(18,19)20-13-4-2/h7,10-11,15H,3-6,8-9,12-14H2,1-2H3,(H,18,19). The Hall–Kier alpha value is -0.670. The Kier molecular flexibility index (Phi) is 9.65. The average molecular weight is 328 g/mol. The van der Waals surface area contributed by atoms with E-state index in [1.54, 1.807) is 0 Å². The molecule has 1 aromatic carbocycles. The van der Waals surface area contributed by atoms with Gasteiger partial charge in [0.05, 0.1) is 13.2 Å². The van der Waals surface area contributed by atoms with Crippen LogP contribution in [0, 0.1) is 0 Å². The summed E-state index contributed by atoms with van der Waals surface area (Å²) in [5, 5.41) is 0. The predicted octanol–water partition coefficient (Wildman–Crippen LogP) is 4.90. The van der Waals surface area contributed by atoms with Crippen LogP contribution in [-0.4, -0.2) is 18.1 Å². The van der Waals surface area contributed by atoms with Gasteiger partial charge < -0.3 is 4.89 Å². The smallest absolute Gasteiger partial charge is 0.302 e. The second-order valence-electron chi connectivity index (χ2n) is 5.52. The molecule has 1 rings (SSSR count). The van der Waals surface area contributed by atoms with Gasteiger partial charge in [0.2, 0.25) is 0 Å². The number of benzene rings is 1. The van der Waals surface area contributed by atoms with Crippen LogP contribution in [0.1, 0.15) is 57.1 Å². The van der Waals surface area contributed by atoms with Crippen LogP contribution in [0.3, 0.4) is 0 Å². The molecule has 0 saturated carbocycles. The van der Waals surface area contributed by atoms with Crippen molar-refractivity contribution in [3.8, 4) is 0 Å². The van der Waals surface area contributed by atoms with Crippen molar-refractivity contribution in [3.05, 3.63) is 35.4 Å². The van der Waals surface area contributed by atoms with Crippen molar-refractivity contribution in [2.24, 2.45) is 0 Å². The van der Waals surface area contributed by atoms with E-state index in [1.807, 2.05) is 6.92 Å². The number of hydrogen-bond acceptors (Lipinski definition) is 3. The lowest BCUT2D eigenvalue weighted by Crippen LogP contribution is -1.99. The summed E-state index contributed by atoms with van der Waals surface area (Å²) >= 11 is 0. The molecule has 0 aliphatic carbocycles. The molecule has 0 aliphatic heterocycles. The molecule has 1 unspecified atom stereocenters. The number of phosphoric ester groups is 1. The molecule has 0 spiro atoms. The Balaban J connectivity index is 2.29. The summed E-state index contributed by atoms with van der Waals surface area (Å²) in [5.41, 5.74) is 2.62. The lowest BCUT2D eigenvalue weighted by atomic mass is 10.0. The van der Waals surface area contributed by atoms with Gasteiger partial charge in [0, 0.05) is 0 Å². The van der Waals surface area contributed by atoms with Crippen LogP contribution in [0.4, 0.5) is 0 Å². The van der Waals surface area contributed by atoms with E-state index in [-0.39, 0.29) is 13.2 Å². The molecule has 5 heteroatoms. The van der Waals surface area contributed by atoms with Crippen LogP contribution < -0.4 is 0 Å². The van der Waals surface area contributed by atoms with Gasteiger partial charge >= 0.3 is 7.82 Å². The number of aryl methyl sites for hydroxylation is 2. The van der Waals surface area contributed by atoms with Crippen molar-refractivity contribution in [1.29, 1.82) is 0 Å². The highest BCUT2D eigenvalue weighted by atomic mass is 31.2.